The van der Waals surface area contributed by atoms with Crippen LogP contribution in [0.25, 0.3) is 0 Å². The highest BCUT2D eigenvalue weighted by Crippen LogP contribution is 2.30. The van der Waals surface area contributed by atoms with E-state index in [1.807, 2.05) is 20.8 Å². The van der Waals surface area contributed by atoms with Gasteiger partial charge in [0.25, 0.3) is 0 Å². The molecule has 0 amide bonds. The molecule has 0 radical (unpaired) electrons. The van der Waals surface area contributed by atoms with E-state index in [0.29, 0.717) is 13.1 Å². The number of hydrogen-bond acceptors (Lipinski definition) is 4. The molecule has 1 aliphatic heterocycles. The minimum atomic E-state index is -1.22. The lowest BCUT2D eigenvalue weighted by atomic mass is 9.85. The third kappa shape index (κ3) is 3.17. The average molecular weight is 274 g/mol. The number of hydrogen-bond donors (Lipinski definition) is 3. The van der Waals surface area contributed by atoms with E-state index in [9.17, 15) is 4.55 Å². The summed E-state index contributed by atoms with van der Waals surface area (Å²) in [4.78, 5) is 2.22. The molecule has 1 heterocycles. The van der Waals surface area contributed by atoms with E-state index in [1.165, 1.54) is 0 Å². The van der Waals surface area contributed by atoms with Crippen LogP contribution in [0.5, 0.6) is 0 Å². The Morgan fingerprint density at radius 1 is 1.28 bits per heavy atom. The first kappa shape index (κ1) is 15.8. The summed E-state index contributed by atoms with van der Waals surface area (Å²) >= 11 is -1.22. The smallest absolute Gasteiger partial charge is 0.145 e. The molecule has 0 saturated carbocycles. The summed E-state index contributed by atoms with van der Waals surface area (Å²) in [7, 11) is 0. The van der Waals surface area contributed by atoms with Crippen LogP contribution in [-0.2, 0) is 11.4 Å². The Morgan fingerprint density at radius 2 is 1.72 bits per heavy atom. The van der Waals surface area contributed by atoms with Crippen molar-refractivity contribution >= 4 is 17.2 Å². The lowest BCUT2D eigenvalue weighted by Crippen LogP contribution is -2.78. The van der Waals surface area contributed by atoms with E-state index < -0.39 is 16.9 Å². The van der Waals surface area contributed by atoms with Crippen molar-refractivity contribution in [1.29, 1.82) is 5.41 Å². The van der Waals surface area contributed by atoms with E-state index in [0.717, 1.165) is 0 Å². The molecular weight excluding hydrogens is 248 g/mol. The van der Waals surface area contributed by atoms with Crippen molar-refractivity contribution in [3.8, 4) is 0 Å². The van der Waals surface area contributed by atoms with Gasteiger partial charge < -0.3 is 10.3 Å². The molecule has 0 aromatic carbocycles. The van der Waals surface area contributed by atoms with Crippen LogP contribution >= 0.6 is 0 Å². The number of likely N-dealkylation sites (tertiary alicyclic amines) is 1. The zero-order chi connectivity index (χ0) is 14.4. The maximum absolute atomic E-state index is 12.2. The fraction of sp³-hybridized carbons (Fsp3) is 0.917. The molecular formula is C12H26N4OS. The molecule has 1 unspecified atom stereocenters. The van der Waals surface area contributed by atoms with E-state index in [4.69, 9.17) is 11.1 Å². The monoisotopic (exact) mass is 274 g/mol. The van der Waals surface area contributed by atoms with Gasteiger partial charge in [-0.3, -0.25) is 10.3 Å². The van der Waals surface area contributed by atoms with Crippen molar-refractivity contribution in [2.24, 2.45) is 5.73 Å². The van der Waals surface area contributed by atoms with Crippen LogP contribution in [0.15, 0.2) is 0 Å². The fourth-order valence-electron chi connectivity index (χ4n) is 1.70. The highest BCUT2D eigenvalue weighted by Gasteiger charge is 2.53. The second-order valence-electron chi connectivity index (χ2n) is 7.01. The van der Waals surface area contributed by atoms with Crippen LogP contribution < -0.4 is 10.5 Å². The number of nitrogens with one attached hydrogen (secondary N) is 2. The molecule has 18 heavy (non-hydrogen) atoms. The zero-order valence-corrected chi connectivity index (χ0v) is 13.1. The van der Waals surface area contributed by atoms with Crippen LogP contribution in [0.1, 0.15) is 41.5 Å². The van der Waals surface area contributed by atoms with Gasteiger partial charge in [-0.15, -0.1) is 4.72 Å². The number of nitrogens with two attached hydrogens (primary N) is 1. The van der Waals surface area contributed by atoms with Gasteiger partial charge in [-0.2, -0.15) is 0 Å². The molecule has 1 atom stereocenters. The Balaban J connectivity index is 2.74. The summed E-state index contributed by atoms with van der Waals surface area (Å²) in [6.07, 6.45) is 0. The number of nitrogens with zero attached hydrogens (tertiary/aromatic N) is 1. The maximum Gasteiger partial charge on any atom is 0.145 e. The van der Waals surface area contributed by atoms with Crippen LogP contribution in [0.4, 0.5) is 0 Å². The van der Waals surface area contributed by atoms with E-state index >= 15 is 0 Å². The standard InChI is InChI=1S/C12H26N4OS/c1-10(2,3)16-7-12(8-16,9(13)14)15-18(17)11(4,5)6/h15H,7-8H2,1-6H3,(H3,13,14). The van der Waals surface area contributed by atoms with Gasteiger partial charge >= 0.3 is 0 Å². The Bertz CT molecular complexity index is 326. The average Bonchev–Trinajstić information content (AvgIpc) is 2.05. The molecule has 1 saturated heterocycles. The molecule has 0 bridgehead atoms. The van der Waals surface area contributed by atoms with Gasteiger partial charge in [0.2, 0.25) is 0 Å². The SMILES string of the molecule is CC(C)(C)N1CC(N[S+]([O-])C(C)(C)C)(C(=N)N)C1. The number of rotatable bonds is 3. The molecule has 0 aliphatic carbocycles. The van der Waals surface area contributed by atoms with Crippen molar-refractivity contribution in [3.05, 3.63) is 0 Å². The fourth-order valence-corrected chi connectivity index (χ4v) is 2.60. The van der Waals surface area contributed by atoms with E-state index in [-0.39, 0.29) is 16.1 Å². The van der Waals surface area contributed by atoms with Gasteiger partial charge in [0.15, 0.2) is 0 Å². The molecule has 1 rings (SSSR count). The van der Waals surface area contributed by atoms with Gasteiger partial charge in [-0.25, -0.2) is 0 Å². The molecule has 106 valence electrons. The third-order valence-electron chi connectivity index (χ3n) is 3.23. The van der Waals surface area contributed by atoms with Gasteiger partial charge in [-0.05, 0) is 41.5 Å². The molecule has 1 fully saturated rings. The normalized spacial score (nSPS) is 22.4. The van der Waals surface area contributed by atoms with Gasteiger partial charge in [0.05, 0.1) is 0 Å². The lowest BCUT2D eigenvalue weighted by Gasteiger charge is -2.54. The van der Waals surface area contributed by atoms with Crippen molar-refractivity contribution in [2.75, 3.05) is 13.1 Å². The predicted molar refractivity (Wildman–Crippen MR) is 77.0 cm³/mol. The van der Waals surface area contributed by atoms with Gasteiger partial charge in [0.1, 0.15) is 16.1 Å². The topological polar surface area (TPSA) is 88.2 Å². The quantitative estimate of drug-likeness (QED) is 0.404. The van der Waals surface area contributed by atoms with Crippen molar-refractivity contribution in [3.63, 3.8) is 0 Å². The van der Waals surface area contributed by atoms with E-state index in [1.54, 1.807) is 0 Å². The third-order valence-corrected chi connectivity index (χ3v) is 4.92. The van der Waals surface area contributed by atoms with Crippen LogP contribution in [0.2, 0.25) is 0 Å². The molecule has 4 N–H and O–H groups in total. The lowest BCUT2D eigenvalue weighted by molar-refractivity contribution is 0.0172. The number of amidine groups is 1. The first-order chi connectivity index (χ1) is 7.88. The molecule has 0 spiro atoms. The van der Waals surface area contributed by atoms with Crippen molar-refractivity contribution < 1.29 is 4.55 Å². The van der Waals surface area contributed by atoms with Crippen LogP contribution in [0, 0.1) is 5.41 Å². The molecule has 1 aliphatic rings. The van der Waals surface area contributed by atoms with Crippen molar-refractivity contribution in [2.45, 2.75) is 57.4 Å². The van der Waals surface area contributed by atoms with E-state index in [2.05, 4.69) is 30.4 Å². The largest absolute Gasteiger partial charge is 0.598 e. The maximum atomic E-state index is 12.2. The summed E-state index contributed by atoms with van der Waals surface area (Å²) in [6, 6.07) is 0. The summed E-state index contributed by atoms with van der Waals surface area (Å²) < 4.78 is 14.9. The summed E-state index contributed by atoms with van der Waals surface area (Å²) in [5.41, 5.74) is 5.10. The molecule has 6 heteroatoms. The highest BCUT2D eigenvalue weighted by molar-refractivity contribution is 7.90. The summed E-state index contributed by atoms with van der Waals surface area (Å²) in [6.45, 7) is 13.4. The Labute approximate surface area is 113 Å². The Kier molecular flexibility index (Phi) is 4.08. The minimum absolute atomic E-state index is 0.0455. The van der Waals surface area contributed by atoms with Crippen LogP contribution in [-0.4, -0.2) is 44.2 Å². The first-order valence-electron chi connectivity index (χ1n) is 6.18. The Morgan fingerprint density at radius 3 is 2.00 bits per heavy atom. The summed E-state index contributed by atoms with van der Waals surface area (Å²) in [5, 5.41) is 7.75. The minimum Gasteiger partial charge on any atom is -0.598 e. The molecule has 5 nitrogen and oxygen atoms in total. The van der Waals surface area contributed by atoms with Crippen LogP contribution in [0.3, 0.4) is 0 Å². The molecule has 0 aromatic rings. The predicted octanol–water partition coefficient (Wildman–Crippen LogP) is 0.827. The first-order valence-corrected chi connectivity index (χ1v) is 7.33. The zero-order valence-electron chi connectivity index (χ0n) is 12.3. The summed E-state index contributed by atoms with van der Waals surface area (Å²) in [5.74, 6) is 0.0700. The second-order valence-corrected chi connectivity index (χ2v) is 8.97. The Hall–Kier alpha value is -0.300. The second kappa shape index (κ2) is 4.67. The van der Waals surface area contributed by atoms with Crippen molar-refractivity contribution in [1.82, 2.24) is 9.62 Å². The highest BCUT2D eigenvalue weighted by atomic mass is 32.2. The molecule has 0 aromatic heterocycles. The van der Waals surface area contributed by atoms with Gasteiger partial charge in [0, 0.05) is 30.0 Å². The van der Waals surface area contributed by atoms with Gasteiger partial charge in [-0.1, -0.05) is 0 Å².